The Kier molecular flexibility index (Phi) is 7.26. The lowest BCUT2D eigenvalue weighted by molar-refractivity contribution is 0.123. The lowest BCUT2D eigenvalue weighted by Gasteiger charge is -2.24. The summed E-state index contributed by atoms with van der Waals surface area (Å²) in [6, 6.07) is 0.232. The number of rotatable bonds is 7. The quantitative estimate of drug-likeness (QED) is 0.181. The zero-order valence-corrected chi connectivity index (χ0v) is 10.3. The van der Waals surface area contributed by atoms with E-state index in [2.05, 4.69) is 5.32 Å². The molecule has 0 saturated heterocycles. The van der Waals surface area contributed by atoms with Crippen LogP contribution in [0.3, 0.4) is 0 Å². The second kappa shape index (κ2) is 7.60. The molecule has 0 aromatic heterocycles. The molecule has 4 N–H and O–H groups in total. The first kappa shape index (κ1) is 14.3. The number of carbonyl (C=O) groups is 1. The van der Waals surface area contributed by atoms with Crippen molar-refractivity contribution >= 4 is 14.8 Å². The summed E-state index contributed by atoms with van der Waals surface area (Å²) in [5.41, 5.74) is 1.97. The Morgan fingerprint density at radius 3 is 2.20 bits per heavy atom. The minimum atomic E-state index is -2.50. The third kappa shape index (κ3) is 5.09. The van der Waals surface area contributed by atoms with Crippen molar-refractivity contribution in [1.82, 2.24) is 10.7 Å². The highest BCUT2D eigenvalue weighted by Crippen LogP contribution is 2.14. The van der Waals surface area contributed by atoms with Crippen molar-refractivity contribution in [3.05, 3.63) is 0 Å². The molecule has 0 saturated carbocycles. The van der Waals surface area contributed by atoms with Gasteiger partial charge in [-0.1, -0.05) is 0 Å². The summed E-state index contributed by atoms with van der Waals surface area (Å²) in [4.78, 5) is 10.7. The number of amides is 2. The molecule has 0 bridgehead atoms. The predicted molar refractivity (Wildman–Crippen MR) is 56.9 cm³/mol. The molecule has 0 aromatic rings. The first-order valence-corrected chi connectivity index (χ1v) is 6.47. The molecular formula is C7H19N3O4Si. The van der Waals surface area contributed by atoms with Crippen LogP contribution in [0.25, 0.3) is 0 Å². The topological polar surface area (TPSA) is 94.8 Å². The van der Waals surface area contributed by atoms with E-state index in [-0.39, 0.29) is 0 Å². The summed E-state index contributed by atoms with van der Waals surface area (Å²) >= 11 is 0. The van der Waals surface area contributed by atoms with Crippen molar-refractivity contribution in [3.8, 4) is 0 Å². The van der Waals surface area contributed by atoms with Gasteiger partial charge in [0.15, 0.2) is 0 Å². The lowest BCUT2D eigenvalue weighted by Crippen LogP contribution is -2.44. The smallest absolute Gasteiger partial charge is 0.377 e. The van der Waals surface area contributed by atoms with Crippen molar-refractivity contribution in [2.75, 3.05) is 27.9 Å². The Labute approximate surface area is 90.6 Å². The van der Waals surface area contributed by atoms with Gasteiger partial charge in [0.1, 0.15) is 0 Å². The van der Waals surface area contributed by atoms with Crippen molar-refractivity contribution in [2.24, 2.45) is 5.84 Å². The second-order valence-electron chi connectivity index (χ2n) is 2.80. The van der Waals surface area contributed by atoms with Gasteiger partial charge in [0.05, 0.1) is 0 Å². The van der Waals surface area contributed by atoms with Gasteiger partial charge in [-0.3, -0.25) is 5.43 Å². The summed E-state index contributed by atoms with van der Waals surface area (Å²) in [6.07, 6.45) is 0.704. The van der Waals surface area contributed by atoms with Gasteiger partial charge in [-0.25, -0.2) is 10.6 Å². The molecule has 8 heteroatoms. The lowest BCUT2D eigenvalue weighted by atomic mass is 10.5. The van der Waals surface area contributed by atoms with Crippen LogP contribution >= 0.6 is 0 Å². The highest BCUT2D eigenvalue weighted by atomic mass is 28.4. The number of carbonyl (C=O) groups excluding carboxylic acids is 1. The van der Waals surface area contributed by atoms with Crippen LogP contribution in [0, 0.1) is 0 Å². The van der Waals surface area contributed by atoms with E-state index in [4.69, 9.17) is 19.1 Å². The van der Waals surface area contributed by atoms with Gasteiger partial charge in [-0.05, 0) is 6.42 Å². The highest BCUT2D eigenvalue weighted by molar-refractivity contribution is 6.60. The molecule has 0 fully saturated rings. The van der Waals surface area contributed by atoms with E-state index in [0.29, 0.717) is 19.0 Å². The number of nitrogens with two attached hydrogens (primary N) is 1. The average molecular weight is 237 g/mol. The fourth-order valence-electron chi connectivity index (χ4n) is 1.11. The molecule has 2 amide bonds. The Morgan fingerprint density at radius 1 is 1.27 bits per heavy atom. The van der Waals surface area contributed by atoms with Gasteiger partial charge >= 0.3 is 14.8 Å². The summed E-state index contributed by atoms with van der Waals surface area (Å²) < 4.78 is 15.6. The van der Waals surface area contributed by atoms with E-state index in [0.717, 1.165) is 0 Å². The third-order valence-corrected chi connectivity index (χ3v) is 4.84. The summed E-state index contributed by atoms with van der Waals surface area (Å²) in [5, 5.41) is 2.56. The monoisotopic (exact) mass is 237 g/mol. The molecule has 7 nitrogen and oxygen atoms in total. The Bertz CT molecular complexity index is 181. The predicted octanol–water partition coefficient (Wildman–Crippen LogP) is -0.572. The first-order chi connectivity index (χ1) is 7.14. The van der Waals surface area contributed by atoms with Gasteiger partial charge in [-0.15, -0.1) is 0 Å². The third-order valence-electron chi connectivity index (χ3n) is 2.01. The second-order valence-corrected chi connectivity index (χ2v) is 5.89. The van der Waals surface area contributed by atoms with E-state index < -0.39 is 14.8 Å². The van der Waals surface area contributed by atoms with Crippen molar-refractivity contribution in [3.63, 3.8) is 0 Å². The number of urea groups is 1. The Morgan fingerprint density at radius 2 is 1.80 bits per heavy atom. The van der Waals surface area contributed by atoms with Gasteiger partial charge < -0.3 is 18.6 Å². The van der Waals surface area contributed by atoms with Gasteiger partial charge in [-0.2, -0.15) is 0 Å². The van der Waals surface area contributed by atoms with E-state index in [1.54, 1.807) is 21.3 Å². The summed E-state index contributed by atoms with van der Waals surface area (Å²) in [7, 11) is 2.16. The maximum absolute atomic E-state index is 10.7. The van der Waals surface area contributed by atoms with Crippen LogP contribution in [0.1, 0.15) is 6.42 Å². The molecule has 0 aliphatic heterocycles. The van der Waals surface area contributed by atoms with Crippen LogP contribution in [0.2, 0.25) is 6.04 Å². The molecule has 0 aliphatic carbocycles. The minimum Gasteiger partial charge on any atom is -0.377 e. The van der Waals surface area contributed by atoms with E-state index in [9.17, 15) is 4.79 Å². The fourth-order valence-corrected chi connectivity index (χ4v) is 2.84. The molecular weight excluding hydrogens is 218 g/mol. The standard InChI is InChI=1S/C7H19N3O4Si/c1-12-15(13-2,14-3)6-4-5-9-7(11)10-8/h4-6,8H2,1-3H3,(H2,9,10,11). The van der Waals surface area contributed by atoms with Crippen molar-refractivity contribution < 1.29 is 18.1 Å². The van der Waals surface area contributed by atoms with Crippen molar-refractivity contribution in [2.45, 2.75) is 12.5 Å². The molecule has 0 spiro atoms. The van der Waals surface area contributed by atoms with E-state index >= 15 is 0 Å². The van der Waals surface area contributed by atoms with Crippen LogP contribution in [-0.2, 0) is 13.3 Å². The molecule has 0 radical (unpaired) electrons. The normalized spacial score (nSPS) is 11.2. The molecule has 0 atom stereocenters. The van der Waals surface area contributed by atoms with Crippen LogP contribution < -0.4 is 16.6 Å². The van der Waals surface area contributed by atoms with Crippen LogP contribution in [0.5, 0.6) is 0 Å². The van der Waals surface area contributed by atoms with Crippen LogP contribution in [0.15, 0.2) is 0 Å². The molecule has 0 aromatic carbocycles. The molecule has 15 heavy (non-hydrogen) atoms. The van der Waals surface area contributed by atoms with Crippen molar-refractivity contribution in [1.29, 1.82) is 0 Å². The molecule has 90 valence electrons. The average Bonchev–Trinajstić information content (AvgIpc) is 2.30. The van der Waals surface area contributed by atoms with Gasteiger partial charge in [0.2, 0.25) is 0 Å². The van der Waals surface area contributed by atoms with Crippen LogP contribution in [-0.4, -0.2) is 42.7 Å². The largest absolute Gasteiger partial charge is 0.500 e. The minimum absolute atomic E-state index is 0.408. The maximum Gasteiger partial charge on any atom is 0.500 e. The van der Waals surface area contributed by atoms with Crippen LogP contribution in [0.4, 0.5) is 4.79 Å². The number of hydrogen-bond acceptors (Lipinski definition) is 5. The number of nitrogens with one attached hydrogen (secondary N) is 2. The van der Waals surface area contributed by atoms with Gasteiger partial charge in [0.25, 0.3) is 0 Å². The molecule has 0 heterocycles. The molecule has 0 unspecified atom stereocenters. The number of hydrogen-bond donors (Lipinski definition) is 3. The fraction of sp³-hybridized carbons (Fsp3) is 0.857. The summed E-state index contributed by atoms with van der Waals surface area (Å²) in [6.45, 7) is 0.494. The maximum atomic E-state index is 10.7. The molecule has 0 rings (SSSR count). The highest BCUT2D eigenvalue weighted by Gasteiger charge is 2.36. The summed E-state index contributed by atoms with van der Waals surface area (Å²) in [5.74, 6) is 4.89. The Balaban J connectivity index is 3.76. The number of hydrazine groups is 1. The van der Waals surface area contributed by atoms with Gasteiger partial charge in [0, 0.05) is 33.9 Å². The van der Waals surface area contributed by atoms with E-state index in [1.165, 1.54) is 0 Å². The Hall–Kier alpha value is -0.673. The SMILES string of the molecule is CO[Si](CCCNC(=O)NN)(OC)OC. The zero-order chi connectivity index (χ0) is 11.7. The first-order valence-electron chi connectivity index (χ1n) is 4.54. The zero-order valence-electron chi connectivity index (χ0n) is 9.33. The van der Waals surface area contributed by atoms with E-state index in [1.807, 2.05) is 5.43 Å². The molecule has 0 aliphatic rings.